The molecular weight excluding hydrogens is 288 g/mol. The number of hydrogen-bond acceptors (Lipinski definition) is 2. The Kier molecular flexibility index (Phi) is 3.11. The molecule has 0 saturated heterocycles. The lowest BCUT2D eigenvalue weighted by molar-refractivity contribution is -0.119. The first-order valence-electron chi connectivity index (χ1n) is 7.83. The molecule has 0 spiro atoms. The molecule has 116 valence electrons. The summed E-state index contributed by atoms with van der Waals surface area (Å²) in [6.45, 7) is 0.724. The number of nitrogens with zero attached hydrogens (tertiary/aromatic N) is 1. The number of carbonyl (C=O) groups excluding carboxylic acids is 1. The van der Waals surface area contributed by atoms with Gasteiger partial charge in [0, 0.05) is 17.6 Å². The number of primary amides is 1. The summed E-state index contributed by atoms with van der Waals surface area (Å²) >= 11 is 0. The van der Waals surface area contributed by atoms with E-state index in [1.807, 2.05) is 30.3 Å². The number of carbonyl (C=O) groups is 1. The third-order valence-corrected chi connectivity index (χ3v) is 4.76. The minimum atomic E-state index is -0.314. The van der Waals surface area contributed by atoms with Crippen molar-refractivity contribution in [2.75, 3.05) is 0 Å². The van der Waals surface area contributed by atoms with E-state index in [2.05, 4.69) is 16.7 Å². The quantitative estimate of drug-likeness (QED) is 0.781. The normalized spacial score (nSPS) is 16.6. The summed E-state index contributed by atoms with van der Waals surface area (Å²) in [5.41, 5.74) is 9.78. The van der Waals surface area contributed by atoms with E-state index >= 15 is 0 Å². The van der Waals surface area contributed by atoms with Crippen LogP contribution in [-0.2, 0) is 17.8 Å². The molecule has 1 aliphatic rings. The lowest BCUT2D eigenvalue weighted by atomic mass is 9.99. The van der Waals surface area contributed by atoms with Crippen molar-refractivity contribution in [3.63, 3.8) is 0 Å². The maximum Gasteiger partial charge on any atom is 0.225 e. The van der Waals surface area contributed by atoms with Gasteiger partial charge in [0.25, 0.3) is 0 Å². The number of phenols is 1. The molecule has 3 N–H and O–H groups in total. The number of amides is 1. The molecule has 4 heteroatoms. The van der Waals surface area contributed by atoms with Gasteiger partial charge in [-0.1, -0.05) is 36.4 Å². The molecule has 0 radical (unpaired) electrons. The van der Waals surface area contributed by atoms with Crippen LogP contribution in [0.2, 0.25) is 0 Å². The van der Waals surface area contributed by atoms with E-state index in [4.69, 9.17) is 5.73 Å². The van der Waals surface area contributed by atoms with Gasteiger partial charge in [-0.25, -0.2) is 0 Å². The Morgan fingerprint density at radius 3 is 2.70 bits per heavy atom. The Morgan fingerprint density at radius 2 is 1.96 bits per heavy atom. The fourth-order valence-corrected chi connectivity index (χ4v) is 3.77. The van der Waals surface area contributed by atoms with Gasteiger partial charge in [0.05, 0.1) is 11.4 Å². The summed E-state index contributed by atoms with van der Waals surface area (Å²) in [7, 11) is 0. The smallest absolute Gasteiger partial charge is 0.225 e. The zero-order valence-corrected chi connectivity index (χ0v) is 12.7. The highest BCUT2D eigenvalue weighted by Gasteiger charge is 2.34. The summed E-state index contributed by atoms with van der Waals surface area (Å²) in [6.07, 6.45) is 1.53. The topological polar surface area (TPSA) is 68.2 Å². The van der Waals surface area contributed by atoms with Gasteiger partial charge < -0.3 is 15.4 Å². The standard InChI is InChI=1S/C19H18N2O2/c20-19(23)13-9-10-15-17(13)18-14(7-4-8-16(18)22)21(15)11-12-5-2-1-3-6-12/h1-8,13,22H,9-11H2,(H2,20,23). The molecule has 1 aromatic heterocycles. The molecule has 0 fully saturated rings. The minimum absolute atomic E-state index is 0.221. The first-order valence-corrected chi connectivity index (χ1v) is 7.83. The number of rotatable bonds is 3. The number of nitrogens with two attached hydrogens (primary N) is 1. The monoisotopic (exact) mass is 306 g/mol. The molecule has 1 amide bonds. The Hall–Kier alpha value is -2.75. The van der Waals surface area contributed by atoms with Gasteiger partial charge in [-0.3, -0.25) is 4.79 Å². The zero-order chi connectivity index (χ0) is 16.0. The van der Waals surface area contributed by atoms with Crippen molar-refractivity contribution in [3.8, 4) is 5.75 Å². The van der Waals surface area contributed by atoms with Crippen LogP contribution in [0.25, 0.3) is 10.9 Å². The average Bonchev–Trinajstić information content (AvgIpc) is 3.09. The first-order chi connectivity index (χ1) is 11.2. The van der Waals surface area contributed by atoms with Crippen LogP contribution in [0.5, 0.6) is 5.75 Å². The second-order valence-corrected chi connectivity index (χ2v) is 6.10. The molecular formula is C19H18N2O2. The number of aromatic nitrogens is 1. The maximum atomic E-state index is 11.8. The van der Waals surface area contributed by atoms with E-state index in [9.17, 15) is 9.90 Å². The summed E-state index contributed by atoms with van der Waals surface area (Å²) in [5, 5.41) is 11.1. The molecule has 1 heterocycles. The summed E-state index contributed by atoms with van der Waals surface area (Å²) in [4.78, 5) is 11.8. The molecule has 0 saturated carbocycles. The lowest BCUT2D eigenvalue weighted by Crippen LogP contribution is -2.19. The zero-order valence-electron chi connectivity index (χ0n) is 12.7. The molecule has 3 aromatic rings. The third kappa shape index (κ3) is 2.10. The van der Waals surface area contributed by atoms with Crippen LogP contribution >= 0.6 is 0 Å². The van der Waals surface area contributed by atoms with Crippen molar-refractivity contribution in [1.29, 1.82) is 0 Å². The van der Waals surface area contributed by atoms with Crippen LogP contribution in [0.4, 0.5) is 0 Å². The van der Waals surface area contributed by atoms with Gasteiger partial charge in [0.15, 0.2) is 0 Å². The SMILES string of the molecule is NC(=O)C1CCc2c1c1c(O)cccc1n2Cc1ccccc1. The van der Waals surface area contributed by atoms with Gasteiger partial charge in [0.2, 0.25) is 5.91 Å². The summed E-state index contributed by atoms with van der Waals surface area (Å²) in [5.74, 6) is -0.401. The van der Waals surface area contributed by atoms with E-state index in [1.165, 1.54) is 5.56 Å². The van der Waals surface area contributed by atoms with Crippen LogP contribution in [-0.4, -0.2) is 15.6 Å². The van der Waals surface area contributed by atoms with Gasteiger partial charge >= 0.3 is 0 Å². The summed E-state index contributed by atoms with van der Waals surface area (Å²) < 4.78 is 2.21. The van der Waals surface area contributed by atoms with Crippen molar-refractivity contribution >= 4 is 16.8 Å². The second-order valence-electron chi connectivity index (χ2n) is 6.10. The highest BCUT2D eigenvalue weighted by molar-refractivity contribution is 5.97. The van der Waals surface area contributed by atoms with Crippen molar-refractivity contribution in [1.82, 2.24) is 4.57 Å². The highest BCUT2D eigenvalue weighted by Crippen LogP contribution is 2.44. The second kappa shape index (κ2) is 5.16. The molecule has 1 aliphatic carbocycles. The van der Waals surface area contributed by atoms with E-state index in [0.29, 0.717) is 0 Å². The molecule has 23 heavy (non-hydrogen) atoms. The van der Waals surface area contributed by atoms with Crippen molar-refractivity contribution in [2.45, 2.75) is 25.3 Å². The predicted octanol–water partition coefficient (Wildman–Crippen LogP) is 2.91. The van der Waals surface area contributed by atoms with Crippen molar-refractivity contribution < 1.29 is 9.90 Å². The van der Waals surface area contributed by atoms with E-state index in [1.54, 1.807) is 6.07 Å². The molecule has 4 nitrogen and oxygen atoms in total. The van der Waals surface area contributed by atoms with Crippen molar-refractivity contribution in [3.05, 3.63) is 65.4 Å². The van der Waals surface area contributed by atoms with Gasteiger partial charge in [0.1, 0.15) is 5.75 Å². The number of fused-ring (bicyclic) bond motifs is 3. The van der Waals surface area contributed by atoms with Crippen molar-refractivity contribution in [2.24, 2.45) is 5.73 Å². The van der Waals surface area contributed by atoms with E-state index < -0.39 is 0 Å². The molecule has 1 atom stereocenters. The van der Waals surface area contributed by atoms with Crippen LogP contribution in [0.3, 0.4) is 0 Å². The number of hydrogen-bond donors (Lipinski definition) is 2. The van der Waals surface area contributed by atoms with Crippen LogP contribution in [0.15, 0.2) is 48.5 Å². The van der Waals surface area contributed by atoms with E-state index in [0.717, 1.165) is 41.5 Å². The van der Waals surface area contributed by atoms with Gasteiger partial charge in [-0.05, 0) is 36.1 Å². The molecule has 1 unspecified atom stereocenters. The minimum Gasteiger partial charge on any atom is -0.507 e. The van der Waals surface area contributed by atoms with Gasteiger partial charge in [-0.15, -0.1) is 0 Å². The Bertz CT molecular complexity index is 897. The fourth-order valence-electron chi connectivity index (χ4n) is 3.77. The molecule has 4 rings (SSSR count). The number of benzene rings is 2. The van der Waals surface area contributed by atoms with Crippen LogP contribution in [0.1, 0.15) is 29.2 Å². The summed E-state index contributed by atoms with van der Waals surface area (Å²) in [6, 6.07) is 15.7. The first kappa shape index (κ1) is 13.9. The number of aromatic hydroxyl groups is 1. The Balaban J connectivity index is 1.95. The number of phenolic OH excluding ortho intramolecular Hbond substituents is 1. The van der Waals surface area contributed by atoms with E-state index in [-0.39, 0.29) is 17.6 Å². The Labute approximate surface area is 134 Å². The molecule has 0 bridgehead atoms. The predicted molar refractivity (Wildman–Crippen MR) is 89.4 cm³/mol. The lowest BCUT2D eigenvalue weighted by Gasteiger charge is -2.10. The molecule has 2 aromatic carbocycles. The molecule has 0 aliphatic heterocycles. The average molecular weight is 306 g/mol. The maximum absolute atomic E-state index is 11.8. The Morgan fingerprint density at radius 1 is 1.17 bits per heavy atom. The van der Waals surface area contributed by atoms with Crippen LogP contribution < -0.4 is 5.73 Å². The largest absolute Gasteiger partial charge is 0.507 e. The fraction of sp³-hybridized carbons (Fsp3) is 0.211. The third-order valence-electron chi connectivity index (χ3n) is 4.76. The van der Waals surface area contributed by atoms with Crippen LogP contribution in [0, 0.1) is 0 Å². The highest BCUT2D eigenvalue weighted by atomic mass is 16.3. The van der Waals surface area contributed by atoms with Gasteiger partial charge in [-0.2, -0.15) is 0 Å².